The summed E-state index contributed by atoms with van der Waals surface area (Å²) in [6.07, 6.45) is 0.941. The van der Waals surface area contributed by atoms with Gasteiger partial charge >= 0.3 is 0 Å². The van der Waals surface area contributed by atoms with Crippen LogP contribution in [0.25, 0.3) is 0 Å². The molecule has 1 amide bonds. The molecule has 1 aromatic rings. The number of anilines is 1. The quantitative estimate of drug-likeness (QED) is 0.768. The smallest absolute Gasteiger partial charge is 0.241 e. The lowest BCUT2D eigenvalue weighted by molar-refractivity contribution is -0.119. The summed E-state index contributed by atoms with van der Waals surface area (Å²) in [5.74, 6) is 0.0736. The van der Waals surface area contributed by atoms with Crippen molar-refractivity contribution in [2.24, 2.45) is 0 Å². The van der Waals surface area contributed by atoms with Gasteiger partial charge in [0.25, 0.3) is 0 Å². The van der Waals surface area contributed by atoms with Gasteiger partial charge in [0.2, 0.25) is 5.91 Å². The molecule has 0 unspecified atom stereocenters. The van der Waals surface area contributed by atoms with Gasteiger partial charge in [0.15, 0.2) is 0 Å². The fourth-order valence-electron chi connectivity index (χ4n) is 1.56. The van der Waals surface area contributed by atoms with Crippen LogP contribution in [-0.4, -0.2) is 18.5 Å². The van der Waals surface area contributed by atoms with Crippen molar-refractivity contribution in [2.75, 3.05) is 11.9 Å². The van der Waals surface area contributed by atoms with Crippen molar-refractivity contribution in [3.63, 3.8) is 0 Å². The topological polar surface area (TPSA) is 41.1 Å². The van der Waals surface area contributed by atoms with Crippen LogP contribution in [0.15, 0.2) is 18.2 Å². The summed E-state index contributed by atoms with van der Waals surface area (Å²) in [7, 11) is 0. The molecule has 15 heavy (non-hydrogen) atoms. The zero-order valence-electron chi connectivity index (χ0n) is 9.13. The van der Waals surface area contributed by atoms with Crippen LogP contribution in [0, 0.1) is 13.8 Å². The van der Waals surface area contributed by atoms with Gasteiger partial charge in [0.1, 0.15) is 0 Å². The minimum atomic E-state index is 0.00612. The van der Waals surface area contributed by atoms with Crippen LogP contribution in [0.1, 0.15) is 17.5 Å². The predicted molar refractivity (Wildman–Crippen MR) is 61.0 cm³/mol. The Morgan fingerprint density at radius 1 is 1.40 bits per heavy atom. The van der Waals surface area contributed by atoms with E-state index in [1.54, 1.807) is 0 Å². The molecule has 3 nitrogen and oxygen atoms in total. The van der Waals surface area contributed by atoms with Crippen molar-refractivity contribution in [3.05, 3.63) is 29.3 Å². The van der Waals surface area contributed by atoms with E-state index in [4.69, 9.17) is 0 Å². The van der Waals surface area contributed by atoms with Gasteiger partial charge in [0, 0.05) is 5.69 Å². The third kappa shape index (κ3) is 2.18. The number of hydrogen-bond donors (Lipinski definition) is 2. The molecule has 1 aliphatic rings. The molecule has 0 radical (unpaired) electrons. The first kappa shape index (κ1) is 10.2. The van der Waals surface area contributed by atoms with Crippen LogP contribution < -0.4 is 10.6 Å². The third-order valence-corrected chi connectivity index (χ3v) is 2.91. The number of nitrogens with one attached hydrogen (secondary N) is 2. The second kappa shape index (κ2) is 4.03. The summed E-state index contributed by atoms with van der Waals surface area (Å²) in [5, 5.41) is 5.99. The normalized spacial score (nSPS) is 19.5. The average molecular weight is 204 g/mol. The molecule has 80 valence electrons. The van der Waals surface area contributed by atoms with E-state index in [0.29, 0.717) is 0 Å². The van der Waals surface area contributed by atoms with Crippen LogP contribution in [0.2, 0.25) is 0 Å². The van der Waals surface area contributed by atoms with Gasteiger partial charge in [-0.25, -0.2) is 0 Å². The lowest BCUT2D eigenvalue weighted by Crippen LogP contribution is -2.50. The van der Waals surface area contributed by atoms with Crippen molar-refractivity contribution in [2.45, 2.75) is 26.3 Å². The van der Waals surface area contributed by atoms with Gasteiger partial charge in [-0.3, -0.25) is 4.79 Å². The molecule has 2 N–H and O–H groups in total. The molecular formula is C12H16N2O. The van der Waals surface area contributed by atoms with E-state index in [-0.39, 0.29) is 11.9 Å². The number of carbonyl (C=O) groups is 1. The minimum absolute atomic E-state index is 0.00612. The van der Waals surface area contributed by atoms with Gasteiger partial charge in [-0.2, -0.15) is 0 Å². The highest BCUT2D eigenvalue weighted by Crippen LogP contribution is 2.15. The molecule has 1 heterocycles. The molecule has 1 saturated heterocycles. The second-order valence-electron chi connectivity index (χ2n) is 4.08. The first-order valence-electron chi connectivity index (χ1n) is 5.28. The Hall–Kier alpha value is -1.35. The zero-order valence-corrected chi connectivity index (χ0v) is 9.13. The molecule has 2 rings (SSSR count). The minimum Gasteiger partial charge on any atom is -0.325 e. The molecule has 0 saturated carbocycles. The maximum atomic E-state index is 11.6. The summed E-state index contributed by atoms with van der Waals surface area (Å²) in [4.78, 5) is 11.6. The van der Waals surface area contributed by atoms with E-state index in [9.17, 15) is 4.79 Å². The van der Waals surface area contributed by atoms with Crippen molar-refractivity contribution in [1.29, 1.82) is 0 Å². The Morgan fingerprint density at radius 2 is 2.13 bits per heavy atom. The van der Waals surface area contributed by atoms with Crippen molar-refractivity contribution in [3.8, 4) is 0 Å². The van der Waals surface area contributed by atoms with Crippen LogP contribution >= 0.6 is 0 Å². The number of amides is 1. The Morgan fingerprint density at radius 3 is 2.67 bits per heavy atom. The Bertz CT molecular complexity index is 383. The van der Waals surface area contributed by atoms with Crippen LogP contribution in [-0.2, 0) is 4.79 Å². The van der Waals surface area contributed by atoms with Gasteiger partial charge in [-0.1, -0.05) is 6.07 Å². The standard InChI is InChI=1S/C12H16N2O/c1-8-3-4-10(7-9(8)2)14-12(15)11-5-6-13-11/h3-4,7,11,13H,5-6H2,1-2H3,(H,14,15)/t11-/m1/s1. The summed E-state index contributed by atoms with van der Waals surface area (Å²) >= 11 is 0. The lowest BCUT2D eigenvalue weighted by atomic mass is 10.1. The molecule has 0 aliphatic carbocycles. The average Bonchev–Trinajstić information content (AvgIpc) is 2.08. The SMILES string of the molecule is Cc1ccc(NC(=O)[C@H]2CCN2)cc1C. The van der Waals surface area contributed by atoms with Gasteiger partial charge in [-0.15, -0.1) is 0 Å². The molecule has 0 spiro atoms. The van der Waals surface area contributed by atoms with Crippen LogP contribution in [0.5, 0.6) is 0 Å². The number of carbonyl (C=O) groups excluding carboxylic acids is 1. The van der Waals surface area contributed by atoms with Gasteiger partial charge < -0.3 is 10.6 Å². The summed E-state index contributed by atoms with van der Waals surface area (Å²) < 4.78 is 0. The zero-order chi connectivity index (χ0) is 10.8. The fourth-order valence-corrected chi connectivity index (χ4v) is 1.56. The predicted octanol–water partition coefficient (Wildman–Crippen LogP) is 1.60. The molecule has 0 aromatic heterocycles. The van der Waals surface area contributed by atoms with E-state index >= 15 is 0 Å². The summed E-state index contributed by atoms with van der Waals surface area (Å²) in [6, 6.07) is 5.98. The molecule has 3 heteroatoms. The summed E-state index contributed by atoms with van der Waals surface area (Å²) in [5.41, 5.74) is 3.33. The molecule has 1 fully saturated rings. The molecule has 1 atom stereocenters. The molecular weight excluding hydrogens is 188 g/mol. The Balaban J connectivity index is 2.03. The van der Waals surface area contributed by atoms with E-state index < -0.39 is 0 Å². The van der Waals surface area contributed by atoms with E-state index in [1.807, 2.05) is 25.1 Å². The third-order valence-electron chi connectivity index (χ3n) is 2.91. The van der Waals surface area contributed by atoms with Crippen molar-refractivity contribution < 1.29 is 4.79 Å². The van der Waals surface area contributed by atoms with Gasteiger partial charge in [-0.05, 0) is 50.1 Å². The maximum Gasteiger partial charge on any atom is 0.241 e. The largest absolute Gasteiger partial charge is 0.325 e. The van der Waals surface area contributed by atoms with E-state index in [1.165, 1.54) is 11.1 Å². The Labute approximate surface area is 89.9 Å². The molecule has 0 bridgehead atoms. The highest BCUT2D eigenvalue weighted by molar-refractivity contribution is 5.95. The number of hydrogen-bond acceptors (Lipinski definition) is 2. The monoisotopic (exact) mass is 204 g/mol. The van der Waals surface area contributed by atoms with E-state index in [2.05, 4.69) is 17.6 Å². The van der Waals surface area contributed by atoms with Crippen LogP contribution in [0.4, 0.5) is 5.69 Å². The van der Waals surface area contributed by atoms with Crippen molar-refractivity contribution in [1.82, 2.24) is 5.32 Å². The van der Waals surface area contributed by atoms with Gasteiger partial charge in [0.05, 0.1) is 6.04 Å². The fraction of sp³-hybridized carbons (Fsp3) is 0.417. The second-order valence-corrected chi connectivity index (χ2v) is 4.08. The van der Waals surface area contributed by atoms with Crippen LogP contribution in [0.3, 0.4) is 0 Å². The Kier molecular flexibility index (Phi) is 2.73. The van der Waals surface area contributed by atoms with Crippen molar-refractivity contribution >= 4 is 11.6 Å². The lowest BCUT2D eigenvalue weighted by Gasteiger charge is -2.26. The molecule has 1 aromatic carbocycles. The number of aryl methyl sites for hydroxylation is 2. The number of benzene rings is 1. The molecule has 1 aliphatic heterocycles. The highest BCUT2D eigenvalue weighted by Gasteiger charge is 2.24. The summed E-state index contributed by atoms with van der Waals surface area (Å²) in [6.45, 7) is 5.06. The van der Waals surface area contributed by atoms with E-state index in [0.717, 1.165) is 18.7 Å². The number of rotatable bonds is 2. The first-order valence-corrected chi connectivity index (χ1v) is 5.28. The highest BCUT2D eigenvalue weighted by atomic mass is 16.2. The first-order chi connectivity index (χ1) is 7.16. The maximum absolute atomic E-state index is 11.6.